The van der Waals surface area contributed by atoms with Gasteiger partial charge in [-0.1, -0.05) is 39.0 Å². The van der Waals surface area contributed by atoms with Crippen LogP contribution in [-0.2, 0) is 9.59 Å². The van der Waals surface area contributed by atoms with Gasteiger partial charge in [-0.25, -0.2) is 13.2 Å². The molecule has 0 spiro atoms. The highest BCUT2D eigenvalue weighted by molar-refractivity contribution is 5.94. The van der Waals surface area contributed by atoms with Crippen LogP contribution in [-0.4, -0.2) is 18.4 Å². The second-order valence-electron chi connectivity index (χ2n) is 5.57. The molecule has 1 aromatic carbocycles. The summed E-state index contributed by atoms with van der Waals surface area (Å²) in [6.45, 7) is 1.78. The lowest BCUT2D eigenvalue weighted by Gasteiger charge is -2.08. The minimum atomic E-state index is -1.65. The van der Waals surface area contributed by atoms with E-state index in [9.17, 15) is 22.8 Å². The maximum Gasteiger partial charge on any atom is 0.243 e. The maximum absolute atomic E-state index is 13.4. The van der Waals surface area contributed by atoms with Crippen molar-refractivity contribution >= 4 is 17.5 Å². The monoisotopic (exact) mass is 344 g/mol. The number of halogens is 3. The van der Waals surface area contributed by atoms with E-state index in [1.165, 1.54) is 6.42 Å². The second-order valence-corrected chi connectivity index (χ2v) is 5.57. The molecule has 0 aliphatic rings. The molecular formula is C17H23F3N2O2. The molecule has 0 saturated heterocycles. The van der Waals surface area contributed by atoms with Crippen molar-refractivity contribution in [3.05, 3.63) is 29.6 Å². The number of nitrogens with one attached hydrogen (secondary N) is 2. The average molecular weight is 344 g/mol. The molecule has 0 aliphatic heterocycles. The van der Waals surface area contributed by atoms with E-state index < -0.39 is 29.0 Å². The number of hydrogen-bond donors (Lipinski definition) is 2. The van der Waals surface area contributed by atoms with Crippen molar-refractivity contribution in [2.75, 3.05) is 11.9 Å². The Morgan fingerprint density at radius 1 is 0.917 bits per heavy atom. The Kier molecular flexibility index (Phi) is 8.89. The van der Waals surface area contributed by atoms with Gasteiger partial charge in [0, 0.05) is 6.42 Å². The number of rotatable bonds is 10. The predicted molar refractivity (Wildman–Crippen MR) is 85.9 cm³/mol. The Morgan fingerprint density at radius 3 is 2.29 bits per heavy atom. The first-order valence-corrected chi connectivity index (χ1v) is 8.15. The summed E-state index contributed by atoms with van der Waals surface area (Å²) in [5, 5.41) is 4.50. The fourth-order valence-corrected chi connectivity index (χ4v) is 2.15. The zero-order chi connectivity index (χ0) is 17.9. The van der Waals surface area contributed by atoms with Crippen LogP contribution in [0.15, 0.2) is 12.1 Å². The summed E-state index contributed by atoms with van der Waals surface area (Å²) in [5.74, 6) is -5.44. The van der Waals surface area contributed by atoms with Crippen molar-refractivity contribution in [1.29, 1.82) is 0 Å². The van der Waals surface area contributed by atoms with E-state index in [0.717, 1.165) is 38.2 Å². The molecule has 0 bridgehead atoms. The fraction of sp³-hybridized carbons (Fsp3) is 0.529. The van der Waals surface area contributed by atoms with Gasteiger partial charge in [0.05, 0.1) is 12.2 Å². The Morgan fingerprint density at radius 2 is 1.58 bits per heavy atom. The molecule has 2 N–H and O–H groups in total. The first-order valence-electron chi connectivity index (χ1n) is 8.15. The molecule has 1 aromatic rings. The highest BCUT2D eigenvalue weighted by atomic mass is 19.2. The molecule has 0 aliphatic carbocycles. The molecule has 4 nitrogen and oxygen atoms in total. The maximum atomic E-state index is 13.4. The van der Waals surface area contributed by atoms with Crippen LogP contribution in [0.1, 0.15) is 51.9 Å². The van der Waals surface area contributed by atoms with Crippen LogP contribution in [0.25, 0.3) is 0 Å². The highest BCUT2D eigenvalue weighted by Crippen LogP contribution is 2.19. The SMILES string of the molecule is CCCCCCCCC(=O)NCC(=O)Nc1ccc(F)c(F)c1F. The van der Waals surface area contributed by atoms with Crippen LogP contribution < -0.4 is 10.6 Å². The fourth-order valence-electron chi connectivity index (χ4n) is 2.15. The van der Waals surface area contributed by atoms with Crippen LogP contribution in [0.4, 0.5) is 18.9 Å². The molecule has 134 valence electrons. The lowest BCUT2D eigenvalue weighted by Crippen LogP contribution is -2.32. The molecule has 0 unspecified atom stereocenters. The van der Waals surface area contributed by atoms with Gasteiger partial charge in [0.25, 0.3) is 0 Å². The third-order valence-corrected chi connectivity index (χ3v) is 3.51. The molecule has 0 saturated carbocycles. The van der Waals surface area contributed by atoms with E-state index in [2.05, 4.69) is 17.6 Å². The van der Waals surface area contributed by atoms with Crippen LogP contribution >= 0.6 is 0 Å². The minimum absolute atomic E-state index is 0.272. The summed E-state index contributed by atoms with van der Waals surface area (Å²) in [7, 11) is 0. The lowest BCUT2D eigenvalue weighted by molar-refractivity contribution is -0.124. The quantitative estimate of drug-likeness (QED) is 0.499. The van der Waals surface area contributed by atoms with Crippen LogP contribution in [0.2, 0.25) is 0 Å². The molecule has 1 rings (SSSR count). The van der Waals surface area contributed by atoms with E-state index >= 15 is 0 Å². The molecule has 0 fully saturated rings. The van der Waals surface area contributed by atoms with E-state index in [1.807, 2.05) is 0 Å². The Hall–Kier alpha value is -2.05. The largest absolute Gasteiger partial charge is 0.347 e. The van der Waals surface area contributed by atoms with Crippen LogP contribution in [0.3, 0.4) is 0 Å². The van der Waals surface area contributed by atoms with Gasteiger partial charge in [-0.2, -0.15) is 0 Å². The van der Waals surface area contributed by atoms with Crippen molar-refractivity contribution in [2.45, 2.75) is 51.9 Å². The molecule has 0 radical (unpaired) electrons. The highest BCUT2D eigenvalue weighted by Gasteiger charge is 2.15. The summed E-state index contributed by atoms with van der Waals surface area (Å²) < 4.78 is 39.2. The van der Waals surface area contributed by atoms with Gasteiger partial charge in [-0.15, -0.1) is 0 Å². The first kappa shape index (κ1) is 20.0. The molecule has 0 atom stereocenters. The Labute approximate surface area is 139 Å². The summed E-state index contributed by atoms with van der Waals surface area (Å²) >= 11 is 0. The molecule has 2 amide bonds. The van der Waals surface area contributed by atoms with Gasteiger partial charge in [-0.05, 0) is 18.6 Å². The van der Waals surface area contributed by atoms with E-state index in [-0.39, 0.29) is 12.5 Å². The van der Waals surface area contributed by atoms with Crippen molar-refractivity contribution in [3.8, 4) is 0 Å². The number of carbonyl (C=O) groups is 2. The van der Waals surface area contributed by atoms with Crippen molar-refractivity contribution < 1.29 is 22.8 Å². The second kappa shape index (κ2) is 10.7. The standard InChI is InChI=1S/C17H23F3N2O2/c1-2-3-4-5-6-7-8-14(23)21-11-15(24)22-13-10-9-12(18)16(19)17(13)20/h9-10H,2-8,11H2,1H3,(H,21,23)(H,22,24). The zero-order valence-electron chi connectivity index (χ0n) is 13.8. The molecule has 7 heteroatoms. The third kappa shape index (κ3) is 7.02. The smallest absolute Gasteiger partial charge is 0.243 e. The number of hydrogen-bond acceptors (Lipinski definition) is 2. The first-order chi connectivity index (χ1) is 11.5. The van der Waals surface area contributed by atoms with Crippen LogP contribution in [0, 0.1) is 17.5 Å². The van der Waals surface area contributed by atoms with Crippen LogP contribution in [0.5, 0.6) is 0 Å². The summed E-state index contributed by atoms with van der Waals surface area (Å²) in [6, 6.07) is 1.63. The average Bonchev–Trinajstić information content (AvgIpc) is 2.56. The summed E-state index contributed by atoms with van der Waals surface area (Å²) in [5.41, 5.74) is -0.468. The molecular weight excluding hydrogens is 321 g/mol. The topological polar surface area (TPSA) is 58.2 Å². The number of unbranched alkanes of at least 4 members (excludes halogenated alkanes) is 5. The normalized spacial score (nSPS) is 10.5. The molecule has 0 aromatic heterocycles. The van der Waals surface area contributed by atoms with Gasteiger partial charge in [-0.3, -0.25) is 9.59 Å². The Balaban J connectivity index is 2.26. The van der Waals surface area contributed by atoms with Gasteiger partial charge in [0.15, 0.2) is 17.5 Å². The van der Waals surface area contributed by atoms with Gasteiger partial charge in [0.2, 0.25) is 11.8 Å². The number of benzene rings is 1. The zero-order valence-corrected chi connectivity index (χ0v) is 13.8. The van der Waals surface area contributed by atoms with Gasteiger partial charge in [0.1, 0.15) is 0 Å². The lowest BCUT2D eigenvalue weighted by atomic mass is 10.1. The summed E-state index contributed by atoms with van der Waals surface area (Å²) in [4.78, 5) is 23.2. The predicted octanol–water partition coefficient (Wildman–Crippen LogP) is 3.91. The third-order valence-electron chi connectivity index (χ3n) is 3.51. The van der Waals surface area contributed by atoms with Crippen molar-refractivity contribution in [2.24, 2.45) is 0 Å². The Bertz CT molecular complexity index is 565. The number of anilines is 1. The minimum Gasteiger partial charge on any atom is -0.347 e. The van der Waals surface area contributed by atoms with Crippen molar-refractivity contribution in [3.63, 3.8) is 0 Å². The number of amides is 2. The van der Waals surface area contributed by atoms with E-state index in [0.29, 0.717) is 12.5 Å². The van der Waals surface area contributed by atoms with Gasteiger partial charge < -0.3 is 10.6 Å². The molecule has 0 heterocycles. The van der Waals surface area contributed by atoms with E-state index in [1.54, 1.807) is 0 Å². The van der Waals surface area contributed by atoms with E-state index in [4.69, 9.17) is 0 Å². The number of carbonyl (C=O) groups excluding carboxylic acids is 2. The summed E-state index contributed by atoms with van der Waals surface area (Å²) in [6.07, 6.45) is 6.60. The van der Waals surface area contributed by atoms with Gasteiger partial charge >= 0.3 is 0 Å². The molecule has 24 heavy (non-hydrogen) atoms. The van der Waals surface area contributed by atoms with Crippen molar-refractivity contribution in [1.82, 2.24) is 5.32 Å².